The summed E-state index contributed by atoms with van der Waals surface area (Å²) >= 11 is 0. The van der Waals surface area contributed by atoms with Crippen molar-refractivity contribution < 1.29 is 4.79 Å². The lowest BCUT2D eigenvalue weighted by atomic mass is 9.99. The zero-order valence-corrected chi connectivity index (χ0v) is 15.7. The number of benzene rings is 2. The highest BCUT2D eigenvalue weighted by molar-refractivity contribution is 5.95. The average molecular weight is 357 g/mol. The Balaban J connectivity index is 1.53. The summed E-state index contributed by atoms with van der Waals surface area (Å²) in [6.07, 6.45) is 4.30. The molecule has 4 heteroatoms. The predicted octanol–water partition coefficient (Wildman–Crippen LogP) is 4.64. The zero-order valence-electron chi connectivity index (χ0n) is 15.7. The predicted molar refractivity (Wildman–Crippen MR) is 108 cm³/mol. The number of fused-ring (bicyclic) bond motifs is 1. The minimum absolute atomic E-state index is 0.0288. The van der Waals surface area contributed by atoms with E-state index in [0.717, 1.165) is 24.3 Å². The Hall–Kier alpha value is -3.14. The lowest BCUT2D eigenvalue weighted by Crippen LogP contribution is -2.36. The minimum atomic E-state index is 0.0288. The molecule has 0 saturated carbocycles. The largest absolute Gasteiger partial charge is 0.354 e. The maximum absolute atomic E-state index is 13.0. The van der Waals surface area contributed by atoms with Gasteiger partial charge in [0.05, 0.1) is 17.4 Å². The van der Waals surface area contributed by atoms with Gasteiger partial charge in [-0.2, -0.15) is 0 Å². The van der Waals surface area contributed by atoms with E-state index in [1.165, 1.54) is 22.3 Å². The second kappa shape index (κ2) is 7.23. The first-order valence-corrected chi connectivity index (χ1v) is 9.25. The SMILES string of the molecule is Cc1cc(C)cc(Nc2cncc(C(=O)N3CCc4ccccc4C3)c2)c1. The number of amides is 1. The molecule has 1 aromatic heterocycles. The lowest BCUT2D eigenvalue weighted by Gasteiger charge is -2.29. The zero-order chi connectivity index (χ0) is 18.8. The quantitative estimate of drug-likeness (QED) is 0.743. The fourth-order valence-electron chi connectivity index (χ4n) is 3.69. The topological polar surface area (TPSA) is 45.2 Å². The van der Waals surface area contributed by atoms with E-state index in [1.54, 1.807) is 12.4 Å². The van der Waals surface area contributed by atoms with Crippen molar-refractivity contribution in [2.24, 2.45) is 0 Å². The summed E-state index contributed by atoms with van der Waals surface area (Å²) in [5.74, 6) is 0.0288. The summed E-state index contributed by atoms with van der Waals surface area (Å²) in [4.78, 5) is 19.2. The third kappa shape index (κ3) is 3.85. The van der Waals surface area contributed by atoms with E-state index in [1.807, 2.05) is 17.0 Å². The Bertz CT molecular complexity index is 976. The molecule has 0 radical (unpaired) electrons. The third-order valence-electron chi connectivity index (χ3n) is 4.91. The van der Waals surface area contributed by atoms with Gasteiger partial charge >= 0.3 is 0 Å². The molecule has 1 aliphatic heterocycles. The van der Waals surface area contributed by atoms with Gasteiger partial charge in [0, 0.05) is 25.0 Å². The first-order chi connectivity index (χ1) is 13.1. The highest BCUT2D eigenvalue weighted by Gasteiger charge is 2.21. The molecule has 0 unspecified atom stereocenters. The molecule has 1 aliphatic rings. The number of anilines is 2. The van der Waals surface area contributed by atoms with Crippen LogP contribution in [-0.2, 0) is 13.0 Å². The van der Waals surface area contributed by atoms with Gasteiger partial charge in [0.25, 0.3) is 5.91 Å². The van der Waals surface area contributed by atoms with Crippen LogP contribution in [0.4, 0.5) is 11.4 Å². The highest BCUT2D eigenvalue weighted by Crippen LogP contribution is 2.23. The van der Waals surface area contributed by atoms with Crippen molar-refractivity contribution in [1.82, 2.24) is 9.88 Å². The molecule has 27 heavy (non-hydrogen) atoms. The van der Waals surface area contributed by atoms with Gasteiger partial charge in [-0.05, 0) is 60.7 Å². The van der Waals surface area contributed by atoms with Crippen LogP contribution in [0.2, 0.25) is 0 Å². The van der Waals surface area contributed by atoms with Crippen molar-refractivity contribution in [3.8, 4) is 0 Å². The molecule has 0 bridgehead atoms. The molecule has 2 heterocycles. The summed E-state index contributed by atoms with van der Waals surface area (Å²) in [6.45, 7) is 5.55. The van der Waals surface area contributed by atoms with Crippen molar-refractivity contribution in [3.05, 3.63) is 88.7 Å². The minimum Gasteiger partial charge on any atom is -0.354 e. The maximum atomic E-state index is 13.0. The average Bonchev–Trinajstić information content (AvgIpc) is 2.66. The second-order valence-corrected chi connectivity index (χ2v) is 7.21. The Labute approximate surface area is 159 Å². The van der Waals surface area contributed by atoms with E-state index < -0.39 is 0 Å². The number of hydrogen-bond donors (Lipinski definition) is 1. The van der Waals surface area contributed by atoms with Crippen LogP contribution in [0.25, 0.3) is 0 Å². The number of pyridine rings is 1. The van der Waals surface area contributed by atoms with Crippen LogP contribution >= 0.6 is 0 Å². The molecule has 1 amide bonds. The number of carbonyl (C=O) groups is 1. The van der Waals surface area contributed by atoms with Gasteiger partial charge in [-0.1, -0.05) is 30.3 Å². The number of nitrogens with one attached hydrogen (secondary N) is 1. The fourth-order valence-corrected chi connectivity index (χ4v) is 3.69. The summed E-state index contributed by atoms with van der Waals surface area (Å²) in [5, 5.41) is 3.37. The molecule has 4 nitrogen and oxygen atoms in total. The number of hydrogen-bond acceptors (Lipinski definition) is 3. The van der Waals surface area contributed by atoms with Crippen LogP contribution in [0, 0.1) is 13.8 Å². The summed E-state index contributed by atoms with van der Waals surface area (Å²) in [6, 6.07) is 16.5. The molecule has 0 spiro atoms. The van der Waals surface area contributed by atoms with E-state index in [0.29, 0.717) is 12.1 Å². The summed E-state index contributed by atoms with van der Waals surface area (Å²) < 4.78 is 0. The molecule has 2 aromatic carbocycles. The van der Waals surface area contributed by atoms with Gasteiger partial charge in [0.2, 0.25) is 0 Å². The number of aromatic nitrogens is 1. The van der Waals surface area contributed by atoms with Crippen LogP contribution in [0.3, 0.4) is 0 Å². The maximum Gasteiger partial charge on any atom is 0.255 e. The molecular formula is C23H23N3O. The Kier molecular flexibility index (Phi) is 4.63. The second-order valence-electron chi connectivity index (χ2n) is 7.21. The molecule has 0 saturated heterocycles. The molecule has 0 atom stereocenters. The van der Waals surface area contributed by atoms with Crippen molar-refractivity contribution in [2.45, 2.75) is 26.8 Å². The molecule has 136 valence electrons. The van der Waals surface area contributed by atoms with E-state index in [4.69, 9.17) is 0 Å². The van der Waals surface area contributed by atoms with Crippen molar-refractivity contribution in [1.29, 1.82) is 0 Å². The Morgan fingerprint density at radius 3 is 2.48 bits per heavy atom. The first kappa shape index (κ1) is 17.3. The summed E-state index contributed by atoms with van der Waals surface area (Å²) in [5.41, 5.74) is 7.41. The van der Waals surface area contributed by atoms with E-state index in [-0.39, 0.29) is 5.91 Å². The molecule has 0 fully saturated rings. The van der Waals surface area contributed by atoms with Crippen molar-refractivity contribution >= 4 is 17.3 Å². The number of aryl methyl sites for hydroxylation is 2. The molecule has 4 rings (SSSR count). The molecular weight excluding hydrogens is 334 g/mol. The van der Waals surface area contributed by atoms with E-state index in [2.05, 4.69) is 60.5 Å². The van der Waals surface area contributed by atoms with Crippen LogP contribution in [0.15, 0.2) is 60.9 Å². The van der Waals surface area contributed by atoms with Crippen LogP contribution in [0.5, 0.6) is 0 Å². The monoisotopic (exact) mass is 357 g/mol. The number of nitrogens with zero attached hydrogens (tertiary/aromatic N) is 2. The summed E-state index contributed by atoms with van der Waals surface area (Å²) in [7, 11) is 0. The van der Waals surface area contributed by atoms with Gasteiger partial charge in [0.15, 0.2) is 0 Å². The van der Waals surface area contributed by atoms with Crippen molar-refractivity contribution in [2.75, 3.05) is 11.9 Å². The Morgan fingerprint density at radius 2 is 1.70 bits per heavy atom. The van der Waals surface area contributed by atoms with Gasteiger partial charge in [-0.3, -0.25) is 9.78 Å². The van der Waals surface area contributed by atoms with E-state index >= 15 is 0 Å². The van der Waals surface area contributed by atoms with Gasteiger partial charge < -0.3 is 10.2 Å². The van der Waals surface area contributed by atoms with Crippen LogP contribution < -0.4 is 5.32 Å². The van der Waals surface area contributed by atoms with Crippen molar-refractivity contribution in [3.63, 3.8) is 0 Å². The number of rotatable bonds is 3. The standard InChI is InChI=1S/C23H23N3O/c1-16-9-17(2)11-21(10-16)25-22-12-20(13-24-14-22)23(27)26-8-7-18-5-3-4-6-19(18)15-26/h3-6,9-14,25H,7-8,15H2,1-2H3. The van der Waals surface area contributed by atoms with Gasteiger partial charge in [0.1, 0.15) is 0 Å². The normalized spacial score (nSPS) is 13.2. The highest BCUT2D eigenvalue weighted by atomic mass is 16.2. The van der Waals surface area contributed by atoms with Crippen LogP contribution in [-0.4, -0.2) is 22.3 Å². The molecule has 0 aliphatic carbocycles. The third-order valence-corrected chi connectivity index (χ3v) is 4.91. The fraction of sp³-hybridized carbons (Fsp3) is 0.217. The van der Waals surface area contributed by atoms with Crippen LogP contribution in [0.1, 0.15) is 32.6 Å². The number of carbonyl (C=O) groups excluding carboxylic acids is 1. The Morgan fingerprint density at radius 1 is 0.963 bits per heavy atom. The molecule has 1 N–H and O–H groups in total. The van der Waals surface area contributed by atoms with E-state index in [9.17, 15) is 4.79 Å². The lowest BCUT2D eigenvalue weighted by molar-refractivity contribution is 0.0734. The van der Waals surface area contributed by atoms with Gasteiger partial charge in [-0.15, -0.1) is 0 Å². The first-order valence-electron chi connectivity index (χ1n) is 9.25. The van der Waals surface area contributed by atoms with Gasteiger partial charge in [-0.25, -0.2) is 0 Å². The molecule has 3 aromatic rings. The smallest absolute Gasteiger partial charge is 0.255 e.